The number of methoxy groups -OCH3 is 1. The average molecular weight is 438 g/mol. The fourth-order valence-corrected chi connectivity index (χ4v) is 3.89. The van der Waals surface area contributed by atoms with Crippen LogP contribution in [0, 0.1) is 5.82 Å². The first-order valence-corrected chi connectivity index (χ1v) is 9.82. The molecule has 9 nitrogen and oxygen atoms in total. The summed E-state index contributed by atoms with van der Waals surface area (Å²) in [6.07, 6.45) is 1.34. The molecule has 0 aliphatic rings. The van der Waals surface area contributed by atoms with Gasteiger partial charge in [-0.1, -0.05) is 53.8 Å². The number of rotatable bonds is 6. The van der Waals surface area contributed by atoms with Crippen molar-refractivity contribution in [2.75, 3.05) is 12.4 Å². The van der Waals surface area contributed by atoms with Crippen molar-refractivity contribution < 1.29 is 18.7 Å². The molecule has 2 heterocycles. The molecule has 1 N–H and O–H groups in total. The number of ether oxygens (including phenoxy) is 1. The molecule has 31 heavy (non-hydrogen) atoms. The topological polar surface area (TPSA) is 112 Å². The normalized spacial score (nSPS) is 11.7. The number of carbonyl (C=O) groups excluding carboxylic acids is 2. The Bertz CT molecular complexity index is 1200. The van der Waals surface area contributed by atoms with Crippen LogP contribution in [0.25, 0.3) is 10.4 Å². The first-order chi connectivity index (χ1) is 15.1. The third-order valence-electron chi connectivity index (χ3n) is 4.34. The molecule has 1 amide bonds. The van der Waals surface area contributed by atoms with Gasteiger partial charge in [-0.3, -0.25) is 10.1 Å². The zero-order valence-electron chi connectivity index (χ0n) is 16.1. The monoisotopic (exact) mass is 438 g/mol. The summed E-state index contributed by atoms with van der Waals surface area (Å²) < 4.78 is 19.4. The van der Waals surface area contributed by atoms with Crippen LogP contribution >= 0.6 is 11.3 Å². The third-order valence-corrected chi connectivity index (χ3v) is 5.36. The summed E-state index contributed by atoms with van der Waals surface area (Å²) in [5.74, 6) is -1.53. The van der Waals surface area contributed by atoms with E-state index in [1.54, 1.807) is 24.3 Å². The van der Waals surface area contributed by atoms with Gasteiger partial charge >= 0.3 is 5.97 Å². The van der Waals surface area contributed by atoms with Gasteiger partial charge in [-0.25, -0.2) is 18.9 Å². The van der Waals surface area contributed by atoms with Gasteiger partial charge < -0.3 is 4.74 Å². The lowest BCUT2D eigenvalue weighted by atomic mass is 10.1. The minimum atomic E-state index is -0.851. The Morgan fingerprint density at radius 1 is 1.13 bits per heavy atom. The molecular weight excluding hydrogens is 423 g/mol. The number of nitrogens with one attached hydrogen (secondary N) is 1. The van der Waals surface area contributed by atoms with E-state index >= 15 is 0 Å². The quantitative estimate of drug-likeness (QED) is 0.461. The van der Waals surface area contributed by atoms with Crippen molar-refractivity contribution >= 4 is 28.3 Å². The van der Waals surface area contributed by atoms with E-state index in [1.165, 1.54) is 42.4 Å². The molecule has 11 heteroatoms. The predicted octanol–water partition coefficient (Wildman–Crippen LogP) is 2.95. The van der Waals surface area contributed by atoms with E-state index in [9.17, 15) is 14.0 Å². The van der Waals surface area contributed by atoms with E-state index in [2.05, 4.69) is 25.8 Å². The largest absolute Gasteiger partial charge is 0.464 e. The smallest absolute Gasteiger partial charge is 0.358 e. The molecule has 2 aromatic carbocycles. The maximum Gasteiger partial charge on any atom is 0.358 e. The molecule has 0 radical (unpaired) electrons. The number of esters is 1. The Morgan fingerprint density at radius 2 is 1.87 bits per heavy atom. The van der Waals surface area contributed by atoms with E-state index in [-0.39, 0.29) is 10.8 Å². The molecule has 0 saturated carbocycles. The van der Waals surface area contributed by atoms with Crippen LogP contribution in [0.3, 0.4) is 0 Å². The Kier molecular flexibility index (Phi) is 5.76. The van der Waals surface area contributed by atoms with Crippen LogP contribution in [0.2, 0.25) is 0 Å². The van der Waals surface area contributed by atoms with Crippen LogP contribution in [-0.2, 0) is 9.53 Å². The molecule has 0 fully saturated rings. The molecule has 156 valence electrons. The molecule has 0 aliphatic heterocycles. The molecule has 2 aromatic heterocycles. The molecular formula is C20H15FN6O3S. The van der Waals surface area contributed by atoms with Crippen molar-refractivity contribution in [3.8, 4) is 10.4 Å². The highest BCUT2D eigenvalue weighted by Gasteiger charge is 2.27. The number of nitrogens with zero attached hydrogens (tertiary/aromatic N) is 5. The maximum atomic E-state index is 13.3. The van der Waals surface area contributed by atoms with Gasteiger partial charge in [0.25, 0.3) is 5.91 Å². The third kappa shape index (κ3) is 4.31. The number of anilines is 1. The SMILES string of the molecule is COC(=O)c1nc(NC(=O)[C@H](c2ccccc2)n2cnnn2)sc1-c1ccc(F)cc1. The Labute approximate surface area is 179 Å². The van der Waals surface area contributed by atoms with Crippen LogP contribution in [-0.4, -0.2) is 44.2 Å². The number of amides is 1. The zero-order chi connectivity index (χ0) is 21.8. The number of tetrazole rings is 1. The minimum absolute atomic E-state index is 0.0214. The van der Waals surface area contributed by atoms with E-state index in [0.717, 1.165) is 11.3 Å². The van der Waals surface area contributed by atoms with Gasteiger partial charge in [0.2, 0.25) is 0 Å². The van der Waals surface area contributed by atoms with Gasteiger partial charge in [-0.15, -0.1) is 5.10 Å². The summed E-state index contributed by atoms with van der Waals surface area (Å²) in [5, 5.41) is 14.0. The van der Waals surface area contributed by atoms with Gasteiger partial charge in [-0.2, -0.15) is 0 Å². The van der Waals surface area contributed by atoms with E-state index in [0.29, 0.717) is 16.0 Å². The summed E-state index contributed by atoms with van der Waals surface area (Å²) >= 11 is 1.07. The number of carbonyl (C=O) groups is 2. The number of halogens is 1. The second-order valence-corrected chi connectivity index (χ2v) is 7.29. The molecule has 1 atom stereocenters. The fourth-order valence-electron chi connectivity index (χ4n) is 2.93. The van der Waals surface area contributed by atoms with Gasteiger partial charge in [0.05, 0.1) is 12.0 Å². The molecule has 0 aliphatic carbocycles. The molecule has 0 unspecified atom stereocenters. The summed E-state index contributed by atoms with van der Waals surface area (Å²) in [7, 11) is 1.23. The second kappa shape index (κ2) is 8.79. The molecule has 0 bridgehead atoms. The average Bonchev–Trinajstić information content (AvgIpc) is 3.45. The fraction of sp³-hybridized carbons (Fsp3) is 0.100. The first-order valence-electron chi connectivity index (χ1n) is 9.00. The number of hydrogen-bond acceptors (Lipinski definition) is 8. The Balaban J connectivity index is 1.68. The predicted molar refractivity (Wildman–Crippen MR) is 110 cm³/mol. The lowest BCUT2D eigenvalue weighted by Crippen LogP contribution is -2.27. The standard InChI is InChI=1S/C20H15FN6O3S/c1-30-19(29)15-17(13-7-9-14(21)10-8-13)31-20(23-15)24-18(28)16(27-11-22-25-26-27)12-5-3-2-4-6-12/h2-11,16H,1H3,(H,23,24,28)/t16-/m0/s1. The second-order valence-electron chi connectivity index (χ2n) is 6.29. The highest BCUT2D eigenvalue weighted by molar-refractivity contribution is 7.19. The molecule has 4 rings (SSSR count). The lowest BCUT2D eigenvalue weighted by Gasteiger charge is -2.15. The molecule has 0 spiro atoms. The summed E-state index contributed by atoms with van der Waals surface area (Å²) in [6.45, 7) is 0. The zero-order valence-corrected chi connectivity index (χ0v) is 16.9. The van der Waals surface area contributed by atoms with Crippen molar-refractivity contribution in [3.05, 3.63) is 78.0 Å². The van der Waals surface area contributed by atoms with E-state index in [1.807, 2.05) is 6.07 Å². The maximum absolute atomic E-state index is 13.3. The minimum Gasteiger partial charge on any atom is -0.464 e. The van der Waals surface area contributed by atoms with Gasteiger partial charge in [-0.05, 0) is 33.7 Å². The van der Waals surface area contributed by atoms with Gasteiger partial charge in [0.1, 0.15) is 12.1 Å². The molecule has 4 aromatic rings. The van der Waals surface area contributed by atoms with Crippen molar-refractivity contribution in [1.82, 2.24) is 25.2 Å². The highest BCUT2D eigenvalue weighted by Crippen LogP contribution is 2.34. The van der Waals surface area contributed by atoms with Crippen LogP contribution < -0.4 is 5.32 Å². The number of thiazole rings is 1. The van der Waals surface area contributed by atoms with Crippen LogP contribution in [0.5, 0.6) is 0 Å². The molecule has 0 saturated heterocycles. The summed E-state index contributed by atoms with van der Waals surface area (Å²) in [6, 6.07) is 13.7. The number of aromatic nitrogens is 5. The lowest BCUT2D eigenvalue weighted by molar-refractivity contribution is -0.118. The first kappa shape index (κ1) is 20.3. The van der Waals surface area contributed by atoms with Crippen LogP contribution in [0.1, 0.15) is 22.1 Å². The van der Waals surface area contributed by atoms with Crippen molar-refractivity contribution in [2.45, 2.75) is 6.04 Å². The van der Waals surface area contributed by atoms with Crippen molar-refractivity contribution in [2.24, 2.45) is 0 Å². The van der Waals surface area contributed by atoms with E-state index in [4.69, 9.17) is 4.74 Å². The summed E-state index contributed by atoms with van der Waals surface area (Å²) in [5.41, 5.74) is 1.25. The Hall–Kier alpha value is -3.99. The van der Waals surface area contributed by atoms with E-state index < -0.39 is 23.7 Å². The van der Waals surface area contributed by atoms with Crippen molar-refractivity contribution in [1.29, 1.82) is 0 Å². The van der Waals surface area contributed by atoms with Crippen LogP contribution in [0.15, 0.2) is 60.9 Å². The van der Waals surface area contributed by atoms with Gasteiger partial charge in [0, 0.05) is 0 Å². The Morgan fingerprint density at radius 3 is 2.52 bits per heavy atom. The van der Waals surface area contributed by atoms with Crippen molar-refractivity contribution in [3.63, 3.8) is 0 Å². The van der Waals surface area contributed by atoms with Gasteiger partial charge in [0.15, 0.2) is 16.9 Å². The number of hydrogen-bond donors (Lipinski definition) is 1. The highest BCUT2D eigenvalue weighted by atomic mass is 32.1. The summed E-state index contributed by atoms with van der Waals surface area (Å²) in [4.78, 5) is 30.0. The van der Waals surface area contributed by atoms with Crippen LogP contribution in [0.4, 0.5) is 9.52 Å². The number of benzene rings is 2.